The summed E-state index contributed by atoms with van der Waals surface area (Å²) in [7, 11) is -3.52. The van der Waals surface area contributed by atoms with E-state index in [-0.39, 0.29) is 6.54 Å². The van der Waals surface area contributed by atoms with E-state index in [1.54, 1.807) is 21.8 Å². The molecule has 156 valence electrons. The van der Waals surface area contributed by atoms with Crippen molar-refractivity contribution in [3.05, 3.63) is 59.1 Å². The number of nitrogens with zero attached hydrogens (tertiary/aromatic N) is 4. The van der Waals surface area contributed by atoms with Crippen LogP contribution in [-0.4, -0.2) is 55.5 Å². The molecule has 1 aromatic carbocycles. The predicted molar refractivity (Wildman–Crippen MR) is 116 cm³/mol. The maximum absolute atomic E-state index is 13.1. The third-order valence-electron chi connectivity index (χ3n) is 5.44. The quantitative estimate of drug-likeness (QED) is 0.619. The molecule has 0 amide bonds. The fraction of sp³-hybridized carbons (Fsp3) is 0.333. The van der Waals surface area contributed by atoms with Crippen molar-refractivity contribution < 1.29 is 13.2 Å². The Kier molecular flexibility index (Phi) is 5.28. The SMILES string of the molecule is O=S(=O)(c1cccs1)N1CCc2nc(-c3ccccc3)nc(N3CCOCC3)c2C1. The lowest BCUT2D eigenvalue weighted by molar-refractivity contribution is 0.122. The standard InChI is InChI=1S/C21H22N4O3S2/c26-30(27,19-7-4-14-29-19)25-9-8-18-17(15-25)21(24-10-12-28-13-11-24)23-20(22-18)16-5-2-1-3-6-16/h1-7,14H,8-13,15H2. The van der Waals surface area contributed by atoms with Crippen LogP contribution in [0.4, 0.5) is 5.82 Å². The second kappa shape index (κ2) is 8.07. The van der Waals surface area contributed by atoms with Gasteiger partial charge in [-0.05, 0) is 11.4 Å². The maximum Gasteiger partial charge on any atom is 0.252 e. The Balaban J connectivity index is 1.57. The second-order valence-electron chi connectivity index (χ2n) is 7.28. The minimum absolute atomic E-state index is 0.289. The molecule has 0 spiro atoms. The average Bonchev–Trinajstić information content (AvgIpc) is 3.35. The zero-order valence-electron chi connectivity index (χ0n) is 16.4. The number of anilines is 1. The summed E-state index contributed by atoms with van der Waals surface area (Å²) in [5, 5.41) is 1.79. The minimum Gasteiger partial charge on any atom is -0.378 e. The monoisotopic (exact) mass is 442 g/mol. The lowest BCUT2D eigenvalue weighted by Crippen LogP contribution is -2.41. The summed E-state index contributed by atoms with van der Waals surface area (Å²) >= 11 is 1.25. The Labute approximate surface area is 180 Å². The van der Waals surface area contributed by atoms with Gasteiger partial charge < -0.3 is 9.64 Å². The fourth-order valence-corrected chi connectivity index (χ4v) is 6.42. The fourth-order valence-electron chi connectivity index (χ4n) is 3.87. The van der Waals surface area contributed by atoms with E-state index in [0.717, 1.165) is 35.7 Å². The van der Waals surface area contributed by atoms with Gasteiger partial charge in [0.2, 0.25) is 0 Å². The third-order valence-corrected chi connectivity index (χ3v) is 8.65. The van der Waals surface area contributed by atoms with Crippen molar-refractivity contribution in [3.8, 4) is 11.4 Å². The Morgan fingerprint density at radius 3 is 2.50 bits per heavy atom. The van der Waals surface area contributed by atoms with Gasteiger partial charge in [0, 0.05) is 43.7 Å². The van der Waals surface area contributed by atoms with E-state index in [1.165, 1.54) is 11.3 Å². The molecule has 0 saturated carbocycles. The normalized spacial score (nSPS) is 17.7. The maximum atomic E-state index is 13.1. The van der Waals surface area contributed by atoms with Crippen molar-refractivity contribution in [2.75, 3.05) is 37.7 Å². The molecular weight excluding hydrogens is 420 g/mol. The highest BCUT2D eigenvalue weighted by Gasteiger charge is 2.33. The first-order valence-corrected chi connectivity index (χ1v) is 12.3. The van der Waals surface area contributed by atoms with Crippen molar-refractivity contribution in [2.24, 2.45) is 0 Å². The molecule has 1 saturated heterocycles. The van der Waals surface area contributed by atoms with Crippen LogP contribution in [0.15, 0.2) is 52.1 Å². The first kappa shape index (κ1) is 19.6. The topological polar surface area (TPSA) is 75.6 Å². The number of benzene rings is 1. The second-order valence-corrected chi connectivity index (χ2v) is 10.4. The molecule has 0 atom stereocenters. The Morgan fingerprint density at radius 1 is 0.967 bits per heavy atom. The van der Waals surface area contributed by atoms with Crippen molar-refractivity contribution in [1.29, 1.82) is 0 Å². The summed E-state index contributed by atoms with van der Waals surface area (Å²) in [5.41, 5.74) is 2.80. The number of fused-ring (bicyclic) bond motifs is 1. The molecule has 2 aliphatic heterocycles. The van der Waals surface area contributed by atoms with Crippen LogP contribution >= 0.6 is 11.3 Å². The molecule has 5 rings (SSSR count). The molecule has 0 bridgehead atoms. The summed E-state index contributed by atoms with van der Waals surface area (Å²) in [6.45, 7) is 3.44. The highest BCUT2D eigenvalue weighted by atomic mass is 32.2. The van der Waals surface area contributed by atoms with Gasteiger partial charge in [-0.25, -0.2) is 18.4 Å². The van der Waals surface area contributed by atoms with Gasteiger partial charge in [-0.1, -0.05) is 36.4 Å². The predicted octanol–water partition coefficient (Wildman–Crippen LogP) is 2.79. The molecule has 2 aliphatic rings. The van der Waals surface area contributed by atoms with Gasteiger partial charge in [0.15, 0.2) is 5.82 Å². The Hall–Kier alpha value is -2.33. The van der Waals surface area contributed by atoms with Crippen molar-refractivity contribution in [1.82, 2.24) is 14.3 Å². The van der Waals surface area contributed by atoms with Crippen LogP contribution in [0.1, 0.15) is 11.3 Å². The summed E-state index contributed by atoms with van der Waals surface area (Å²) in [5.74, 6) is 1.51. The van der Waals surface area contributed by atoms with Gasteiger partial charge in [-0.15, -0.1) is 11.3 Å². The number of aromatic nitrogens is 2. The third kappa shape index (κ3) is 3.62. The van der Waals surface area contributed by atoms with E-state index in [0.29, 0.717) is 36.2 Å². The molecule has 0 radical (unpaired) electrons. The summed E-state index contributed by atoms with van der Waals surface area (Å²) in [6, 6.07) is 13.3. The number of hydrogen-bond donors (Lipinski definition) is 0. The van der Waals surface area contributed by atoms with Crippen molar-refractivity contribution in [3.63, 3.8) is 0 Å². The van der Waals surface area contributed by atoms with Gasteiger partial charge >= 0.3 is 0 Å². The Bertz CT molecular complexity index is 1130. The zero-order chi connectivity index (χ0) is 20.6. The van der Waals surface area contributed by atoms with Crippen molar-refractivity contribution >= 4 is 27.2 Å². The lowest BCUT2D eigenvalue weighted by Gasteiger charge is -2.34. The molecule has 30 heavy (non-hydrogen) atoms. The summed E-state index contributed by atoms with van der Waals surface area (Å²) in [6.07, 6.45) is 0.569. The number of ether oxygens (including phenoxy) is 1. The van der Waals surface area contributed by atoms with Crippen LogP contribution in [0.3, 0.4) is 0 Å². The molecule has 3 aromatic rings. The molecule has 4 heterocycles. The number of morpholine rings is 1. The van der Waals surface area contributed by atoms with Crippen LogP contribution in [0.5, 0.6) is 0 Å². The van der Waals surface area contributed by atoms with E-state index in [4.69, 9.17) is 14.7 Å². The zero-order valence-corrected chi connectivity index (χ0v) is 18.0. The molecular formula is C21H22N4O3S2. The number of rotatable bonds is 4. The van der Waals surface area contributed by atoms with Gasteiger partial charge in [0.25, 0.3) is 10.0 Å². The first-order valence-electron chi connectivity index (χ1n) is 9.94. The van der Waals surface area contributed by atoms with Gasteiger partial charge in [0.05, 0.1) is 18.9 Å². The van der Waals surface area contributed by atoms with E-state index < -0.39 is 10.0 Å². The van der Waals surface area contributed by atoms with E-state index in [9.17, 15) is 8.42 Å². The number of thiophene rings is 1. The first-order chi connectivity index (χ1) is 14.6. The van der Waals surface area contributed by atoms with Crippen LogP contribution in [-0.2, 0) is 27.7 Å². The average molecular weight is 443 g/mol. The number of sulfonamides is 1. The highest BCUT2D eigenvalue weighted by molar-refractivity contribution is 7.91. The smallest absolute Gasteiger partial charge is 0.252 e. The highest BCUT2D eigenvalue weighted by Crippen LogP contribution is 2.33. The van der Waals surface area contributed by atoms with E-state index in [1.807, 2.05) is 30.3 Å². The summed E-state index contributed by atoms with van der Waals surface area (Å²) in [4.78, 5) is 11.9. The van der Waals surface area contributed by atoms with Crippen LogP contribution in [0.25, 0.3) is 11.4 Å². The molecule has 0 aliphatic carbocycles. The molecule has 1 fully saturated rings. The largest absolute Gasteiger partial charge is 0.378 e. The minimum atomic E-state index is -3.52. The summed E-state index contributed by atoms with van der Waals surface area (Å²) < 4.78 is 33.6. The molecule has 0 N–H and O–H groups in total. The van der Waals surface area contributed by atoms with Crippen LogP contribution < -0.4 is 4.90 Å². The Morgan fingerprint density at radius 2 is 1.77 bits per heavy atom. The lowest BCUT2D eigenvalue weighted by atomic mass is 10.1. The number of hydrogen-bond acceptors (Lipinski definition) is 7. The van der Waals surface area contributed by atoms with Crippen LogP contribution in [0.2, 0.25) is 0 Å². The van der Waals surface area contributed by atoms with Crippen molar-refractivity contribution in [2.45, 2.75) is 17.2 Å². The van der Waals surface area contributed by atoms with Gasteiger partial charge in [-0.2, -0.15) is 4.31 Å². The van der Waals surface area contributed by atoms with Gasteiger partial charge in [-0.3, -0.25) is 0 Å². The molecule has 2 aromatic heterocycles. The molecule has 9 heteroatoms. The molecule has 7 nitrogen and oxygen atoms in total. The molecule has 0 unspecified atom stereocenters. The van der Waals surface area contributed by atoms with E-state index >= 15 is 0 Å². The van der Waals surface area contributed by atoms with Crippen LogP contribution in [0, 0.1) is 0 Å². The van der Waals surface area contributed by atoms with Gasteiger partial charge in [0.1, 0.15) is 10.0 Å². The van der Waals surface area contributed by atoms with E-state index in [2.05, 4.69) is 4.90 Å².